The fourth-order valence-electron chi connectivity index (χ4n) is 1.18. The topological polar surface area (TPSA) is 125 Å². The quantitative estimate of drug-likeness (QED) is 0.537. The number of benzene rings is 1. The minimum atomic E-state index is -4.16. The average molecular weight is 312 g/mol. The molecule has 0 unspecified atom stereocenters. The zero-order valence-electron chi connectivity index (χ0n) is 9.52. The molecule has 1 amide bonds. The van der Waals surface area contributed by atoms with Crippen LogP contribution in [0.5, 0.6) is 0 Å². The van der Waals surface area contributed by atoms with Crippen LogP contribution in [0.15, 0.2) is 17.0 Å². The van der Waals surface area contributed by atoms with E-state index >= 15 is 0 Å². The molecular weight excluding hydrogens is 301 g/mol. The van der Waals surface area contributed by atoms with Gasteiger partial charge in [-0.25, -0.2) is 22.3 Å². The van der Waals surface area contributed by atoms with Gasteiger partial charge in [0.2, 0.25) is 10.0 Å². The first-order valence-electron chi connectivity index (χ1n) is 4.90. The molecular formula is C9H11ClFN3O4S. The number of halogens is 2. The summed E-state index contributed by atoms with van der Waals surface area (Å²) in [6.45, 7) is -0.552. The van der Waals surface area contributed by atoms with Crippen molar-refractivity contribution in [2.75, 3.05) is 18.9 Å². The van der Waals surface area contributed by atoms with E-state index in [4.69, 9.17) is 17.3 Å². The van der Waals surface area contributed by atoms with Crippen LogP contribution in [-0.2, 0) is 14.8 Å². The van der Waals surface area contributed by atoms with Crippen molar-refractivity contribution in [1.29, 1.82) is 0 Å². The number of nitrogens with two attached hydrogens (primary N) is 2. The van der Waals surface area contributed by atoms with E-state index in [-0.39, 0.29) is 18.8 Å². The first kappa shape index (κ1) is 15.5. The molecule has 7 nitrogen and oxygen atoms in total. The summed E-state index contributed by atoms with van der Waals surface area (Å²) in [5.41, 5.74) is 10.1. The summed E-state index contributed by atoms with van der Waals surface area (Å²) < 4.78 is 43.5. The Labute approximate surface area is 113 Å². The fraction of sp³-hybridized carbons (Fsp3) is 0.222. The highest BCUT2D eigenvalue weighted by Gasteiger charge is 2.21. The van der Waals surface area contributed by atoms with Gasteiger partial charge in [-0.05, 0) is 12.1 Å². The molecule has 19 heavy (non-hydrogen) atoms. The summed E-state index contributed by atoms with van der Waals surface area (Å²) in [7, 11) is -4.16. The molecule has 0 heterocycles. The van der Waals surface area contributed by atoms with Crippen molar-refractivity contribution in [3.8, 4) is 0 Å². The summed E-state index contributed by atoms with van der Waals surface area (Å²) in [6, 6.07) is 2.02. The van der Waals surface area contributed by atoms with Crippen LogP contribution in [0.1, 0.15) is 0 Å². The minimum absolute atomic E-state index is 0.000149. The van der Waals surface area contributed by atoms with Crippen molar-refractivity contribution < 1.29 is 22.3 Å². The number of carbonyl (C=O) groups is 1. The molecule has 106 valence electrons. The van der Waals surface area contributed by atoms with Gasteiger partial charge in [-0.3, -0.25) is 0 Å². The first-order valence-corrected chi connectivity index (χ1v) is 6.76. The molecule has 1 rings (SSSR count). The van der Waals surface area contributed by atoms with Gasteiger partial charge in [0, 0.05) is 12.2 Å². The molecule has 0 spiro atoms. The number of primary amides is 1. The van der Waals surface area contributed by atoms with Crippen molar-refractivity contribution in [2.24, 2.45) is 5.73 Å². The Hall–Kier alpha value is -1.58. The first-order chi connectivity index (χ1) is 8.74. The third kappa shape index (κ3) is 4.23. The SMILES string of the molecule is NC(=O)OCCNS(=O)(=O)c1cc(N)cc(Cl)c1F. The van der Waals surface area contributed by atoms with Crippen LogP contribution in [0.25, 0.3) is 0 Å². The van der Waals surface area contributed by atoms with E-state index in [0.717, 1.165) is 12.1 Å². The van der Waals surface area contributed by atoms with E-state index < -0.39 is 31.9 Å². The fourth-order valence-corrected chi connectivity index (χ4v) is 2.61. The van der Waals surface area contributed by atoms with Gasteiger partial charge in [-0.15, -0.1) is 0 Å². The molecule has 0 atom stereocenters. The van der Waals surface area contributed by atoms with Crippen LogP contribution in [-0.4, -0.2) is 27.7 Å². The van der Waals surface area contributed by atoms with Crippen molar-refractivity contribution in [3.05, 3.63) is 23.0 Å². The molecule has 1 aromatic rings. The number of nitrogen functional groups attached to an aromatic ring is 1. The number of carbonyl (C=O) groups excluding carboxylic acids is 1. The van der Waals surface area contributed by atoms with Gasteiger partial charge in [0.15, 0.2) is 5.82 Å². The minimum Gasteiger partial charge on any atom is -0.448 e. The zero-order chi connectivity index (χ0) is 14.6. The van der Waals surface area contributed by atoms with Crippen LogP contribution >= 0.6 is 11.6 Å². The van der Waals surface area contributed by atoms with Gasteiger partial charge in [0.05, 0.1) is 5.02 Å². The van der Waals surface area contributed by atoms with Crippen molar-refractivity contribution >= 4 is 33.4 Å². The third-order valence-electron chi connectivity index (χ3n) is 1.95. The third-order valence-corrected chi connectivity index (χ3v) is 3.68. The molecule has 0 aromatic heterocycles. The molecule has 5 N–H and O–H groups in total. The lowest BCUT2D eigenvalue weighted by molar-refractivity contribution is 0.159. The Morgan fingerprint density at radius 2 is 2.11 bits per heavy atom. The maximum Gasteiger partial charge on any atom is 0.404 e. The predicted molar refractivity (Wildman–Crippen MR) is 66.5 cm³/mol. The van der Waals surface area contributed by atoms with E-state index in [1.807, 2.05) is 4.72 Å². The van der Waals surface area contributed by atoms with Crippen LogP contribution < -0.4 is 16.2 Å². The predicted octanol–water partition coefficient (Wildman–Crippen LogP) is 0.435. The van der Waals surface area contributed by atoms with E-state index in [2.05, 4.69) is 10.5 Å². The van der Waals surface area contributed by atoms with E-state index in [1.54, 1.807) is 0 Å². The lowest BCUT2D eigenvalue weighted by Crippen LogP contribution is -2.29. The Balaban J connectivity index is 2.86. The Morgan fingerprint density at radius 3 is 2.68 bits per heavy atom. The van der Waals surface area contributed by atoms with Crippen LogP contribution in [0.2, 0.25) is 5.02 Å². The average Bonchev–Trinajstić information content (AvgIpc) is 2.29. The van der Waals surface area contributed by atoms with Crippen molar-refractivity contribution in [1.82, 2.24) is 4.72 Å². The molecule has 0 aliphatic carbocycles. The van der Waals surface area contributed by atoms with Gasteiger partial charge in [0.1, 0.15) is 11.5 Å². The number of rotatable bonds is 5. The molecule has 0 saturated heterocycles. The van der Waals surface area contributed by atoms with Gasteiger partial charge < -0.3 is 16.2 Å². The lowest BCUT2D eigenvalue weighted by Gasteiger charge is -2.09. The second-order valence-corrected chi connectivity index (χ2v) is 5.52. The second-order valence-electron chi connectivity index (χ2n) is 3.38. The Kier molecular flexibility index (Phi) is 4.92. The lowest BCUT2D eigenvalue weighted by atomic mass is 10.3. The van der Waals surface area contributed by atoms with Crippen LogP contribution in [0, 0.1) is 5.82 Å². The second kappa shape index (κ2) is 6.04. The number of amides is 1. The van der Waals surface area contributed by atoms with Gasteiger partial charge in [-0.1, -0.05) is 11.6 Å². The number of hydrogen-bond donors (Lipinski definition) is 3. The van der Waals surface area contributed by atoms with Gasteiger partial charge in [0.25, 0.3) is 0 Å². The summed E-state index contributed by atoms with van der Waals surface area (Å²) in [5.74, 6) is -1.11. The van der Waals surface area contributed by atoms with Gasteiger partial charge in [-0.2, -0.15) is 0 Å². The van der Waals surface area contributed by atoms with Crippen LogP contribution in [0.3, 0.4) is 0 Å². The normalized spacial score (nSPS) is 11.3. The molecule has 0 bridgehead atoms. The highest BCUT2D eigenvalue weighted by molar-refractivity contribution is 7.89. The standard InChI is InChI=1S/C9H11ClFN3O4S/c10-6-3-5(12)4-7(8(6)11)19(16,17)14-1-2-18-9(13)15/h3-4,14H,1-2,12H2,(H2,13,15). The summed E-state index contributed by atoms with van der Waals surface area (Å²) in [4.78, 5) is 9.58. The summed E-state index contributed by atoms with van der Waals surface area (Å²) >= 11 is 5.49. The largest absolute Gasteiger partial charge is 0.448 e. The van der Waals surface area contributed by atoms with Gasteiger partial charge >= 0.3 is 6.09 Å². The number of hydrogen-bond acceptors (Lipinski definition) is 5. The molecule has 0 aliphatic rings. The van der Waals surface area contributed by atoms with E-state index in [0.29, 0.717) is 0 Å². The Bertz CT molecular complexity index is 593. The summed E-state index contributed by atoms with van der Waals surface area (Å²) in [5, 5.41) is -0.409. The molecule has 0 fully saturated rings. The van der Waals surface area contributed by atoms with Crippen LogP contribution in [0.4, 0.5) is 14.9 Å². The maximum absolute atomic E-state index is 13.6. The number of ether oxygens (including phenoxy) is 1. The molecule has 0 saturated carbocycles. The maximum atomic E-state index is 13.6. The molecule has 0 aliphatic heterocycles. The smallest absolute Gasteiger partial charge is 0.404 e. The van der Waals surface area contributed by atoms with E-state index in [1.165, 1.54) is 0 Å². The molecule has 0 radical (unpaired) electrons. The molecule has 10 heteroatoms. The zero-order valence-corrected chi connectivity index (χ0v) is 11.1. The van der Waals surface area contributed by atoms with Crippen molar-refractivity contribution in [3.63, 3.8) is 0 Å². The van der Waals surface area contributed by atoms with E-state index in [9.17, 15) is 17.6 Å². The monoisotopic (exact) mass is 311 g/mol. The van der Waals surface area contributed by atoms with Crippen molar-refractivity contribution in [2.45, 2.75) is 4.90 Å². The highest BCUT2D eigenvalue weighted by Crippen LogP contribution is 2.25. The number of nitrogens with one attached hydrogen (secondary N) is 1. The summed E-state index contributed by atoms with van der Waals surface area (Å²) in [6.07, 6.45) is -1.04. The Morgan fingerprint density at radius 1 is 1.47 bits per heavy atom. The number of sulfonamides is 1. The number of anilines is 1. The highest BCUT2D eigenvalue weighted by atomic mass is 35.5. The molecule has 1 aromatic carbocycles.